The lowest BCUT2D eigenvalue weighted by atomic mass is 10.0. The summed E-state index contributed by atoms with van der Waals surface area (Å²) in [4.78, 5) is 21.9. The van der Waals surface area contributed by atoms with E-state index in [9.17, 15) is 9.59 Å². The van der Waals surface area contributed by atoms with Gasteiger partial charge in [0.1, 0.15) is 0 Å². The van der Waals surface area contributed by atoms with Gasteiger partial charge >= 0.3 is 0 Å². The number of thiol groups is 2. The average molecular weight is 318 g/mol. The molecule has 2 aromatic carbocycles. The molecule has 0 aliphatic carbocycles. The molecule has 0 saturated carbocycles. The van der Waals surface area contributed by atoms with Gasteiger partial charge in [0.05, 0.1) is 0 Å². The molecular weight excluding hydrogens is 304 g/mol. The van der Waals surface area contributed by atoms with E-state index in [2.05, 4.69) is 35.9 Å². The fourth-order valence-corrected chi connectivity index (χ4v) is 2.21. The maximum atomic E-state index is 11.1. The summed E-state index contributed by atoms with van der Waals surface area (Å²) in [7, 11) is 0. The van der Waals surface area contributed by atoms with Crippen molar-refractivity contribution in [2.45, 2.75) is 6.42 Å². The minimum Gasteiger partial charge on any atom is -0.317 e. The van der Waals surface area contributed by atoms with Crippen molar-refractivity contribution < 1.29 is 9.59 Å². The van der Waals surface area contributed by atoms with E-state index < -0.39 is 10.5 Å². The third-order valence-electron chi connectivity index (χ3n) is 2.86. The number of anilines is 2. The SMILES string of the molecule is O=C(S)Nc1ccc(Cc2ccccc2NC(=O)S)cc1. The number of para-hydroxylation sites is 1. The normalized spacial score (nSPS) is 10.0. The van der Waals surface area contributed by atoms with Crippen molar-refractivity contribution in [1.29, 1.82) is 0 Å². The van der Waals surface area contributed by atoms with Gasteiger partial charge in [0, 0.05) is 11.4 Å². The predicted octanol–water partition coefficient (Wildman–Crippen LogP) is 4.20. The Kier molecular flexibility index (Phi) is 5.30. The number of rotatable bonds is 4. The largest absolute Gasteiger partial charge is 0.317 e. The van der Waals surface area contributed by atoms with Crippen molar-refractivity contribution >= 4 is 47.1 Å². The van der Waals surface area contributed by atoms with Gasteiger partial charge in [0.25, 0.3) is 10.5 Å². The van der Waals surface area contributed by atoms with Crippen molar-refractivity contribution in [1.82, 2.24) is 0 Å². The van der Waals surface area contributed by atoms with Crippen LogP contribution in [-0.2, 0) is 6.42 Å². The minimum atomic E-state index is -0.399. The molecule has 0 bridgehead atoms. The predicted molar refractivity (Wildman–Crippen MR) is 91.7 cm³/mol. The molecule has 2 rings (SSSR count). The molecule has 0 atom stereocenters. The number of carbonyl (C=O) groups is 2. The number of amides is 2. The highest BCUT2D eigenvalue weighted by Gasteiger charge is 2.05. The number of hydrogen-bond acceptors (Lipinski definition) is 2. The number of benzene rings is 2. The van der Waals surface area contributed by atoms with Crippen LogP contribution in [0.15, 0.2) is 48.5 Å². The Morgan fingerprint density at radius 3 is 2.10 bits per heavy atom. The molecule has 2 aromatic rings. The molecule has 0 aliphatic rings. The Hall–Kier alpha value is -1.92. The lowest BCUT2D eigenvalue weighted by Gasteiger charge is -2.10. The molecule has 2 N–H and O–H groups in total. The van der Waals surface area contributed by atoms with Crippen LogP contribution in [0.5, 0.6) is 0 Å². The monoisotopic (exact) mass is 318 g/mol. The molecule has 0 heterocycles. The summed E-state index contributed by atoms with van der Waals surface area (Å²) in [5.41, 5.74) is 3.49. The first-order chi connectivity index (χ1) is 10.0. The third-order valence-corrected chi connectivity index (χ3v) is 3.08. The van der Waals surface area contributed by atoms with E-state index in [1.165, 1.54) is 0 Å². The maximum absolute atomic E-state index is 11.1. The molecule has 0 fully saturated rings. The molecule has 21 heavy (non-hydrogen) atoms. The summed E-state index contributed by atoms with van der Waals surface area (Å²) in [6.45, 7) is 0. The molecule has 0 saturated heterocycles. The van der Waals surface area contributed by atoms with Crippen LogP contribution >= 0.6 is 25.3 Å². The van der Waals surface area contributed by atoms with Crippen LogP contribution in [0.4, 0.5) is 21.0 Å². The molecular formula is C15H14N2O2S2. The Morgan fingerprint density at radius 2 is 1.48 bits per heavy atom. The zero-order valence-electron chi connectivity index (χ0n) is 11.0. The van der Waals surface area contributed by atoms with Gasteiger partial charge in [-0.3, -0.25) is 9.59 Å². The minimum absolute atomic E-state index is 0.394. The zero-order valence-corrected chi connectivity index (χ0v) is 12.8. The molecule has 0 radical (unpaired) electrons. The van der Waals surface area contributed by atoms with Crippen LogP contribution in [0, 0.1) is 0 Å². The lowest BCUT2D eigenvalue weighted by molar-refractivity contribution is 0.269. The maximum Gasteiger partial charge on any atom is 0.280 e. The number of nitrogens with one attached hydrogen (secondary N) is 2. The van der Waals surface area contributed by atoms with Crippen molar-refractivity contribution in [3.63, 3.8) is 0 Å². The van der Waals surface area contributed by atoms with Gasteiger partial charge in [0.15, 0.2) is 0 Å². The first-order valence-corrected chi connectivity index (χ1v) is 7.11. The fourth-order valence-electron chi connectivity index (χ4n) is 1.96. The van der Waals surface area contributed by atoms with E-state index in [0.717, 1.165) is 16.8 Å². The standard InChI is InChI=1S/C15H14N2O2S2/c18-14(20)16-12-7-5-10(6-8-12)9-11-3-1-2-4-13(11)17-15(19)21/h1-8H,9H2,(H2,16,18,20)(H2,17,19,21). The van der Waals surface area contributed by atoms with Crippen molar-refractivity contribution in [2.24, 2.45) is 0 Å². The highest BCUT2D eigenvalue weighted by Crippen LogP contribution is 2.20. The van der Waals surface area contributed by atoms with Crippen LogP contribution < -0.4 is 10.6 Å². The number of carbonyl (C=O) groups excluding carboxylic acids is 2. The van der Waals surface area contributed by atoms with Gasteiger partial charge in [-0.2, -0.15) is 0 Å². The van der Waals surface area contributed by atoms with Crippen LogP contribution in [-0.4, -0.2) is 10.5 Å². The molecule has 4 nitrogen and oxygen atoms in total. The van der Waals surface area contributed by atoms with Crippen LogP contribution in [0.2, 0.25) is 0 Å². The first kappa shape index (κ1) is 15.5. The number of hydrogen-bond donors (Lipinski definition) is 4. The second-order valence-corrected chi connectivity index (χ2v) is 5.20. The molecule has 108 valence electrons. The van der Waals surface area contributed by atoms with Crippen molar-refractivity contribution in [3.05, 3.63) is 59.7 Å². The van der Waals surface area contributed by atoms with E-state index in [-0.39, 0.29) is 0 Å². The average Bonchev–Trinajstić information content (AvgIpc) is 2.42. The van der Waals surface area contributed by atoms with Gasteiger partial charge in [-0.15, -0.1) is 0 Å². The highest BCUT2D eigenvalue weighted by molar-refractivity contribution is 7.97. The fraction of sp³-hybridized carbons (Fsp3) is 0.0667. The zero-order chi connectivity index (χ0) is 15.2. The highest BCUT2D eigenvalue weighted by atomic mass is 32.1. The smallest absolute Gasteiger partial charge is 0.280 e. The molecule has 2 amide bonds. The van der Waals surface area contributed by atoms with E-state index in [4.69, 9.17) is 0 Å². The van der Waals surface area contributed by atoms with Crippen LogP contribution in [0.3, 0.4) is 0 Å². The summed E-state index contributed by atoms with van der Waals surface area (Å²) in [6.07, 6.45) is 0.666. The van der Waals surface area contributed by atoms with E-state index in [1.54, 1.807) is 0 Å². The van der Waals surface area contributed by atoms with Crippen molar-refractivity contribution in [3.8, 4) is 0 Å². The second-order valence-electron chi connectivity index (χ2n) is 4.39. The van der Waals surface area contributed by atoms with E-state index in [0.29, 0.717) is 12.1 Å². The topological polar surface area (TPSA) is 58.2 Å². The second kappa shape index (κ2) is 7.19. The molecule has 0 spiro atoms. The van der Waals surface area contributed by atoms with Crippen LogP contribution in [0.25, 0.3) is 0 Å². The third kappa shape index (κ3) is 4.84. The van der Waals surface area contributed by atoms with E-state index >= 15 is 0 Å². The first-order valence-electron chi connectivity index (χ1n) is 6.21. The summed E-state index contributed by atoms with van der Waals surface area (Å²) < 4.78 is 0. The van der Waals surface area contributed by atoms with Gasteiger partial charge in [-0.05, 0) is 35.7 Å². The van der Waals surface area contributed by atoms with Crippen molar-refractivity contribution in [2.75, 3.05) is 10.6 Å². The van der Waals surface area contributed by atoms with Gasteiger partial charge in [-0.1, -0.05) is 55.6 Å². The van der Waals surface area contributed by atoms with Crippen LogP contribution in [0.1, 0.15) is 11.1 Å². The Labute approximate surface area is 133 Å². The van der Waals surface area contributed by atoms with E-state index in [1.807, 2.05) is 48.5 Å². The summed E-state index contributed by atoms with van der Waals surface area (Å²) in [5.74, 6) is 0. The van der Waals surface area contributed by atoms with Gasteiger partial charge in [0.2, 0.25) is 0 Å². The molecule has 0 aromatic heterocycles. The molecule has 6 heteroatoms. The Balaban J connectivity index is 2.14. The summed E-state index contributed by atoms with van der Waals surface area (Å²) >= 11 is 7.39. The summed E-state index contributed by atoms with van der Waals surface area (Å²) in [6, 6.07) is 15.0. The quantitative estimate of drug-likeness (QED) is 0.639. The Morgan fingerprint density at radius 1 is 0.857 bits per heavy atom. The summed E-state index contributed by atoms with van der Waals surface area (Å²) in [5, 5.41) is 4.49. The Bertz CT molecular complexity index is 657. The van der Waals surface area contributed by atoms with Gasteiger partial charge in [-0.25, -0.2) is 0 Å². The molecule has 0 aliphatic heterocycles. The van der Waals surface area contributed by atoms with Gasteiger partial charge < -0.3 is 10.6 Å². The molecule has 0 unspecified atom stereocenters. The lowest BCUT2D eigenvalue weighted by Crippen LogP contribution is -2.05.